The molecular formula is C15H20N2O5. The fourth-order valence-electron chi connectivity index (χ4n) is 2.08. The van der Waals surface area contributed by atoms with E-state index < -0.39 is 18.0 Å². The zero-order chi connectivity index (χ0) is 16.1. The van der Waals surface area contributed by atoms with Crippen LogP contribution in [0.5, 0.6) is 11.5 Å². The van der Waals surface area contributed by atoms with Crippen molar-refractivity contribution in [2.45, 2.75) is 26.3 Å². The number of benzene rings is 1. The summed E-state index contributed by atoms with van der Waals surface area (Å²) in [6, 6.07) is 3.91. The van der Waals surface area contributed by atoms with Crippen molar-refractivity contribution in [3.63, 3.8) is 0 Å². The number of nitrogens with one attached hydrogen (secondary N) is 2. The Balaban J connectivity index is 2.00. The highest BCUT2D eigenvalue weighted by Gasteiger charge is 2.26. The number of carbonyl (C=O) groups excluding carboxylic acids is 2. The van der Waals surface area contributed by atoms with Gasteiger partial charge in [-0.3, -0.25) is 0 Å². The first kappa shape index (κ1) is 15.9. The van der Waals surface area contributed by atoms with Crippen molar-refractivity contribution in [2.75, 3.05) is 19.2 Å². The van der Waals surface area contributed by atoms with Gasteiger partial charge in [-0.15, -0.1) is 0 Å². The predicted molar refractivity (Wildman–Crippen MR) is 80.0 cm³/mol. The molecule has 0 fully saturated rings. The van der Waals surface area contributed by atoms with Crippen LogP contribution >= 0.6 is 0 Å². The Labute approximate surface area is 128 Å². The molecule has 0 radical (unpaired) electrons. The topological polar surface area (TPSA) is 85.9 Å². The molecule has 1 aliphatic rings. The van der Waals surface area contributed by atoms with Gasteiger partial charge in [-0.1, -0.05) is 20.3 Å². The van der Waals surface area contributed by atoms with Crippen LogP contribution < -0.4 is 20.1 Å². The maximum absolute atomic E-state index is 12.1. The normalized spacial score (nSPS) is 14.9. The smallest absolute Gasteiger partial charge is 0.328 e. The highest BCUT2D eigenvalue weighted by atomic mass is 16.7. The second kappa shape index (κ2) is 7.02. The molecule has 2 amide bonds. The number of rotatable bonds is 5. The van der Waals surface area contributed by atoms with Crippen LogP contribution in [0.25, 0.3) is 0 Å². The molecule has 1 aromatic carbocycles. The molecule has 7 heteroatoms. The Morgan fingerprint density at radius 3 is 2.73 bits per heavy atom. The van der Waals surface area contributed by atoms with Crippen LogP contribution in [0.2, 0.25) is 0 Å². The zero-order valence-electron chi connectivity index (χ0n) is 12.8. The molecule has 1 aromatic rings. The molecule has 1 unspecified atom stereocenters. The Bertz CT molecular complexity index is 561. The van der Waals surface area contributed by atoms with Gasteiger partial charge in [0, 0.05) is 11.8 Å². The fourth-order valence-corrected chi connectivity index (χ4v) is 2.08. The van der Waals surface area contributed by atoms with Crippen LogP contribution in [-0.4, -0.2) is 31.9 Å². The Morgan fingerprint density at radius 1 is 1.32 bits per heavy atom. The highest BCUT2D eigenvalue weighted by molar-refractivity contribution is 5.93. The molecule has 2 atom stereocenters. The monoisotopic (exact) mass is 308 g/mol. The first-order valence-corrected chi connectivity index (χ1v) is 7.10. The molecule has 0 aliphatic carbocycles. The third-order valence-corrected chi connectivity index (χ3v) is 3.59. The van der Waals surface area contributed by atoms with Crippen molar-refractivity contribution in [2.24, 2.45) is 5.92 Å². The third kappa shape index (κ3) is 3.60. The lowest BCUT2D eigenvalue weighted by Gasteiger charge is -2.22. The molecule has 0 spiro atoms. The standard InChI is InChI=1S/C15H20N2O5/c1-4-9(2)13(14(18)20-3)17-15(19)16-10-5-6-11-12(7-10)22-8-21-11/h5-7,9,13H,4,8H2,1-3H3,(H2,16,17,19)/t9?,13-/m0/s1. The number of hydrogen-bond donors (Lipinski definition) is 2. The quantitative estimate of drug-likeness (QED) is 0.814. The van der Waals surface area contributed by atoms with Gasteiger partial charge in [0.25, 0.3) is 0 Å². The number of anilines is 1. The molecule has 0 aromatic heterocycles. The van der Waals surface area contributed by atoms with Crippen molar-refractivity contribution in [1.82, 2.24) is 5.32 Å². The van der Waals surface area contributed by atoms with Crippen molar-refractivity contribution in [3.8, 4) is 11.5 Å². The minimum Gasteiger partial charge on any atom is -0.467 e. The van der Waals surface area contributed by atoms with Gasteiger partial charge in [0.05, 0.1) is 7.11 Å². The molecule has 0 bridgehead atoms. The van der Waals surface area contributed by atoms with Gasteiger partial charge in [-0.05, 0) is 18.1 Å². The van der Waals surface area contributed by atoms with Gasteiger partial charge < -0.3 is 24.8 Å². The van der Waals surface area contributed by atoms with E-state index in [1.807, 2.05) is 13.8 Å². The van der Waals surface area contributed by atoms with E-state index in [0.717, 1.165) is 6.42 Å². The number of esters is 1. The van der Waals surface area contributed by atoms with E-state index >= 15 is 0 Å². The van der Waals surface area contributed by atoms with Crippen molar-refractivity contribution >= 4 is 17.7 Å². The first-order valence-electron chi connectivity index (χ1n) is 7.10. The largest absolute Gasteiger partial charge is 0.467 e. The Hall–Kier alpha value is -2.44. The summed E-state index contributed by atoms with van der Waals surface area (Å²) < 4.78 is 15.2. The average molecular weight is 308 g/mol. The Morgan fingerprint density at radius 2 is 2.05 bits per heavy atom. The van der Waals surface area contributed by atoms with Crippen LogP contribution in [0, 0.1) is 5.92 Å². The summed E-state index contributed by atoms with van der Waals surface area (Å²) >= 11 is 0. The van der Waals surface area contributed by atoms with Crippen LogP contribution in [-0.2, 0) is 9.53 Å². The molecule has 0 saturated heterocycles. The average Bonchev–Trinajstić information content (AvgIpc) is 2.98. The number of amides is 2. The maximum Gasteiger partial charge on any atom is 0.328 e. The summed E-state index contributed by atoms with van der Waals surface area (Å²) in [5.41, 5.74) is 0.550. The summed E-state index contributed by atoms with van der Waals surface area (Å²) in [5, 5.41) is 5.30. The number of urea groups is 1. The first-order chi connectivity index (χ1) is 10.5. The van der Waals surface area contributed by atoms with E-state index in [4.69, 9.17) is 14.2 Å². The third-order valence-electron chi connectivity index (χ3n) is 3.59. The van der Waals surface area contributed by atoms with Gasteiger partial charge in [0.15, 0.2) is 11.5 Å². The van der Waals surface area contributed by atoms with Gasteiger partial charge in [-0.2, -0.15) is 0 Å². The van der Waals surface area contributed by atoms with Gasteiger partial charge in [-0.25, -0.2) is 9.59 Å². The van der Waals surface area contributed by atoms with E-state index in [0.29, 0.717) is 17.2 Å². The fraction of sp³-hybridized carbons (Fsp3) is 0.467. The molecular weight excluding hydrogens is 288 g/mol. The second-order valence-corrected chi connectivity index (χ2v) is 5.05. The van der Waals surface area contributed by atoms with Crippen LogP contribution in [0.4, 0.5) is 10.5 Å². The number of fused-ring (bicyclic) bond motifs is 1. The lowest BCUT2D eigenvalue weighted by Crippen LogP contribution is -2.47. The van der Waals surface area contributed by atoms with Crippen molar-refractivity contribution in [1.29, 1.82) is 0 Å². The molecule has 120 valence electrons. The number of carbonyl (C=O) groups is 2. The molecule has 2 N–H and O–H groups in total. The number of methoxy groups -OCH3 is 1. The maximum atomic E-state index is 12.1. The lowest BCUT2D eigenvalue weighted by molar-refractivity contribution is -0.144. The van der Waals surface area contributed by atoms with E-state index in [9.17, 15) is 9.59 Å². The minimum atomic E-state index is -0.691. The Kier molecular flexibility index (Phi) is 5.08. The van der Waals surface area contributed by atoms with Crippen molar-refractivity contribution in [3.05, 3.63) is 18.2 Å². The van der Waals surface area contributed by atoms with E-state index in [-0.39, 0.29) is 12.7 Å². The summed E-state index contributed by atoms with van der Waals surface area (Å²) in [5.74, 6) is 0.715. The van der Waals surface area contributed by atoms with Gasteiger partial charge in [0.1, 0.15) is 6.04 Å². The highest BCUT2D eigenvalue weighted by Crippen LogP contribution is 2.34. The number of ether oxygens (including phenoxy) is 3. The minimum absolute atomic E-state index is 0.0325. The van der Waals surface area contributed by atoms with Gasteiger partial charge in [0.2, 0.25) is 6.79 Å². The molecule has 22 heavy (non-hydrogen) atoms. The predicted octanol–water partition coefficient (Wildman–Crippen LogP) is 2.12. The molecule has 1 heterocycles. The van der Waals surface area contributed by atoms with Crippen LogP contribution in [0.1, 0.15) is 20.3 Å². The summed E-state index contributed by atoms with van der Waals surface area (Å²) in [7, 11) is 1.30. The van der Waals surface area contributed by atoms with E-state index in [1.165, 1.54) is 7.11 Å². The number of hydrogen-bond acceptors (Lipinski definition) is 5. The summed E-state index contributed by atoms with van der Waals surface area (Å²) in [4.78, 5) is 23.8. The molecule has 1 aliphatic heterocycles. The van der Waals surface area contributed by atoms with Gasteiger partial charge >= 0.3 is 12.0 Å². The zero-order valence-corrected chi connectivity index (χ0v) is 12.8. The van der Waals surface area contributed by atoms with E-state index in [1.54, 1.807) is 18.2 Å². The molecule has 7 nitrogen and oxygen atoms in total. The summed E-state index contributed by atoms with van der Waals surface area (Å²) in [6.07, 6.45) is 0.740. The molecule has 2 rings (SSSR count). The SMILES string of the molecule is CCC(C)[C@H](NC(=O)Nc1ccc2c(c1)OCO2)C(=O)OC. The molecule has 0 saturated carbocycles. The lowest BCUT2D eigenvalue weighted by atomic mass is 9.99. The summed E-state index contributed by atoms with van der Waals surface area (Å²) in [6.45, 7) is 3.99. The van der Waals surface area contributed by atoms with E-state index in [2.05, 4.69) is 10.6 Å². The van der Waals surface area contributed by atoms with Crippen LogP contribution in [0.3, 0.4) is 0 Å². The van der Waals surface area contributed by atoms with Crippen molar-refractivity contribution < 1.29 is 23.8 Å². The second-order valence-electron chi connectivity index (χ2n) is 5.05. The van der Waals surface area contributed by atoms with Crippen LogP contribution in [0.15, 0.2) is 18.2 Å².